The number of thiazole rings is 1. The third-order valence-corrected chi connectivity index (χ3v) is 8.91. The first-order chi connectivity index (χ1) is 16.8. The molecule has 1 atom stereocenters. The van der Waals surface area contributed by atoms with Crippen molar-refractivity contribution < 1.29 is 9.53 Å². The first kappa shape index (κ1) is 23.9. The second-order valence-corrected chi connectivity index (χ2v) is 12.0. The third kappa shape index (κ3) is 4.45. The topological polar surface area (TPSA) is 42.4 Å². The number of nitrogens with zero attached hydrogens (tertiary/aromatic N) is 2. The van der Waals surface area contributed by atoms with Crippen LogP contribution in [0.3, 0.4) is 0 Å². The van der Waals surface area contributed by atoms with Gasteiger partial charge in [-0.15, -0.1) is 11.3 Å². The number of carbonyl (C=O) groups excluding carboxylic acids is 1. The first-order valence-corrected chi connectivity index (χ1v) is 13.8. The van der Waals surface area contributed by atoms with Crippen LogP contribution in [0, 0.1) is 0 Å². The molecule has 35 heavy (non-hydrogen) atoms. The predicted octanol–water partition coefficient (Wildman–Crippen LogP) is 7.31. The van der Waals surface area contributed by atoms with Crippen LogP contribution in [0.1, 0.15) is 45.2 Å². The average molecular weight is 503 g/mol. The van der Waals surface area contributed by atoms with Gasteiger partial charge in [0, 0.05) is 16.6 Å². The molecule has 4 aromatic rings. The van der Waals surface area contributed by atoms with Crippen LogP contribution in [-0.2, 0) is 10.2 Å². The molecule has 1 aliphatic rings. The third-order valence-electron chi connectivity index (χ3n) is 6.76. The molecule has 2 heterocycles. The largest absolute Gasteiger partial charge is 0.494 e. The number of carbonyl (C=O) groups is 1. The van der Waals surface area contributed by atoms with Crippen LogP contribution in [0.5, 0.6) is 5.75 Å². The molecular weight excluding hydrogens is 472 g/mol. The van der Waals surface area contributed by atoms with Crippen LogP contribution in [-0.4, -0.2) is 28.8 Å². The van der Waals surface area contributed by atoms with Gasteiger partial charge in [0.1, 0.15) is 5.75 Å². The van der Waals surface area contributed by atoms with Crippen molar-refractivity contribution in [2.24, 2.45) is 0 Å². The number of hydrogen-bond donors (Lipinski definition) is 0. The summed E-state index contributed by atoms with van der Waals surface area (Å²) < 4.78 is 7.60. The summed E-state index contributed by atoms with van der Waals surface area (Å²) in [5.74, 6) is 1.30. The van der Waals surface area contributed by atoms with Gasteiger partial charge in [0.05, 0.1) is 22.6 Å². The molecule has 1 aromatic heterocycles. The Bertz CT molecular complexity index is 1370. The van der Waals surface area contributed by atoms with Gasteiger partial charge in [-0.05, 0) is 62.6 Å². The minimum Gasteiger partial charge on any atom is -0.494 e. The summed E-state index contributed by atoms with van der Waals surface area (Å²) in [5, 5.41) is 0. The molecule has 0 saturated heterocycles. The van der Waals surface area contributed by atoms with Gasteiger partial charge in [-0.25, -0.2) is 4.98 Å². The Morgan fingerprint density at radius 1 is 1.06 bits per heavy atom. The first-order valence-electron chi connectivity index (χ1n) is 12.0. The molecule has 1 unspecified atom stereocenters. The average Bonchev–Trinajstić information content (AvgIpc) is 3.25. The fourth-order valence-electron chi connectivity index (χ4n) is 5.43. The van der Waals surface area contributed by atoms with E-state index in [0.717, 1.165) is 32.4 Å². The van der Waals surface area contributed by atoms with Crippen molar-refractivity contribution in [2.45, 2.75) is 49.4 Å². The Morgan fingerprint density at radius 2 is 1.80 bits per heavy atom. The summed E-state index contributed by atoms with van der Waals surface area (Å²) in [6, 6.07) is 25.0. The monoisotopic (exact) mass is 502 g/mol. The molecule has 0 saturated carbocycles. The number of para-hydroxylation sites is 1. The molecule has 4 nitrogen and oxygen atoms in total. The lowest BCUT2D eigenvalue weighted by atomic mass is 9.65. The minimum absolute atomic E-state index is 0.108. The quantitative estimate of drug-likeness (QED) is 0.259. The molecule has 5 rings (SSSR count). The Kier molecular flexibility index (Phi) is 6.36. The summed E-state index contributed by atoms with van der Waals surface area (Å²) in [7, 11) is 0. The zero-order chi connectivity index (χ0) is 24.6. The summed E-state index contributed by atoms with van der Waals surface area (Å²) in [5.41, 5.74) is 3.92. The highest BCUT2D eigenvalue weighted by atomic mass is 32.2. The molecule has 6 heteroatoms. The van der Waals surface area contributed by atoms with Gasteiger partial charge in [-0.3, -0.25) is 4.79 Å². The zero-order valence-electron chi connectivity index (χ0n) is 20.6. The van der Waals surface area contributed by atoms with Crippen LogP contribution >= 0.6 is 23.1 Å². The summed E-state index contributed by atoms with van der Waals surface area (Å²) in [6.45, 7) is 9.28. The lowest BCUT2D eigenvalue weighted by Crippen LogP contribution is -2.56. The van der Waals surface area contributed by atoms with E-state index in [1.165, 1.54) is 22.9 Å². The Balaban J connectivity index is 1.42. The number of ether oxygens (including phenoxy) is 1. The van der Waals surface area contributed by atoms with Crippen LogP contribution < -0.4 is 9.64 Å². The van der Waals surface area contributed by atoms with Crippen molar-refractivity contribution in [2.75, 3.05) is 17.3 Å². The summed E-state index contributed by atoms with van der Waals surface area (Å²) in [4.78, 5) is 20.5. The van der Waals surface area contributed by atoms with Gasteiger partial charge in [0.25, 0.3) is 0 Å². The molecule has 1 amide bonds. The Hall–Kier alpha value is -2.83. The van der Waals surface area contributed by atoms with Crippen molar-refractivity contribution in [1.82, 2.24) is 4.98 Å². The SMILES string of the molecule is CCOc1ccc2nc(SCC(=O)N3c4ccccc4C(C)(c4ccccc4)CC3(C)C)sc2c1. The molecule has 0 bridgehead atoms. The van der Waals surface area contributed by atoms with E-state index >= 15 is 0 Å². The molecule has 0 N–H and O–H groups in total. The highest BCUT2D eigenvalue weighted by Gasteiger charge is 2.47. The van der Waals surface area contributed by atoms with Gasteiger partial charge < -0.3 is 9.64 Å². The summed E-state index contributed by atoms with van der Waals surface area (Å²) >= 11 is 3.12. The van der Waals surface area contributed by atoms with E-state index in [4.69, 9.17) is 9.72 Å². The number of benzene rings is 3. The smallest absolute Gasteiger partial charge is 0.237 e. The predicted molar refractivity (Wildman–Crippen MR) is 147 cm³/mol. The second-order valence-electron chi connectivity index (χ2n) is 9.76. The lowest BCUT2D eigenvalue weighted by molar-refractivity contribution is -0.117. The maximum absolute atomic E-state index is 13.7. The highest BCUT2D eigenvalue weighted by molar-refractivity contribution is 8.01. The number of hydrogen-bond acceptors (Lipinski definition) is 5. The molecule has 0 fully saturated rings. The van der Waals surface area contributed by atoms with Gasteiger partial charge in [-0.2, -0.15) is 0 Å². The maximum atomic E-state index is 13.7. The van der Waals surface area contributed by atoms with Crippen LogP contribution in [0.15, 0.2) is 77.1 Å². The van der Waals surface area contributed by atoms with Crippen molar-refractivity contribution >= 4 is 44.9 Å². The van der Waals surface area contributed by atoms with E-state index in [-0.39, 0.29) is 16.9 Å². The van der Waals surface area contributed by atoms with Crippen LogP contribution in [0.4, 0.5) is 5.69 Å². The van der Waals surface area contributed by atoms with Gasteiger partial charge in [-0.1, -0.05) is 67.2 Å². The van der Waals surface area contributed by atoms with E-state index in [2.05, 4.69) is 69.3 Å². The molecule has 0 radical (unpaired) electrons. The lowest BCUT2D eigenvalue weighted by Gasteiger charge is -2.51. The molecule has 1 aliphatic heterocycles. The van der Waals surface area contributed by atoms with E-state index < -0.39 is 0 Å². The van der Waals surface area contributed by atoms with Crippen molar-refractivity contribution in [3.05, 3.63) is 83.9 Å². The molecule has 0 aliphatic carbocycles. The van der Waals surface area contributed by atoms with E-state index in [9.17, 15) is 4.79 Å². The highest BCUT2D eigenvalue weighted by Crippen LogP contribution is 2.50. The number of thioether (sulfide) groups is 1. The molecule has 180 valence electrons. The number of anilines is 1. The van der Waals surface area contributed by atoms with E-state index in [0.29, 0.717) is 12.4 Å². The number of amides is 1. The van der Waals surface area contributed by atoms with Crippen molar-refractivity contribution in [3.63, 3.8) is 0 Å². The Morgan fingerprint density at radius 3 is 2.57 bits per heavy atom. The Labute approximate surface area is 215 Å². The molecular formula is C29H30N2O2S2. The van der Waals surface area contributed by atoms with Crippen molar-refractivity contribution in [3.8, 4) is 5.75 Å². The summed E-state index contributed by atoms with van der Waals surface area (Å²) in [6.07, 6.45) is 0.846. The minimum atomic E-state index is -0.337. The van der Waals surface area contributed by atoms with Gasteiger partial charge in [0.15, 0.2) is 4.34 Å². The fraction of sp³-hybridized carbons (Fsp3) is 0.310. The number of aromatic nitrogens is 1. The standard InChI is InChI=1S/C29H30N2O2S2/c1-5-33-21-15-16-23-25(17-21)35-27(30-23)34-18-26(32)31-24-14-10-9-13-22(24)29(4,19-28(31,2)3)20-11-7-6-8-12-20/h6-17H,5,18-19H2,1-4H3. The number of rotatable bonds is 6. The van der Waals surface area contributed by atoms with E-state index in [1.807, 2.05) is 36.1 Å². The van der Waals surface area contributed by atoms with Gasteiger partial charge >= 0.3 is 0 Å². The zero-order valence-corrected chi connectivity index (χ0v) is 22.2. The normalized spacial score (nSPS) is 18.9. The van der Waals surface area contributed by atoms with E-state index in [1.54, 1.807) is 11.3 Å². The second kappa shape index (κ2) is 9.32. The number of fused-ring (bicyclic) bond motifs is 2. The van der Waals surface area contributed by atoms with Gasteiger partial charge in [0.2, 0.25) is 5.91 Å². The van der Waals surface area contributed by atoms with Crippen LogP contribution in [0.2, 0.25) is 0 Å². The molecule has 0 spiro atoms. The van der Waals surface area contributed by atoms with Crippen molar-refractivity contribution in [1.29, 1.82) is 0 Å². The van der Waals surface area contributed by atoms with Crippen LogP contribution in [0.25, 0.3) is 10.2 Å². The molecule has 3 aromatic carbocycles. The fourth-order valence-corrected chi connectivity index (χ4v) is 7.37. The maximum Gasteiger partial charge on any atom is 0.237 e.